The van der Waals surface area contributed by atoms with Crippen molar-refractivity contribution in [3.05, 3.63) is 0 Å². The van der Waals surface area contributed by atoms with Gasteiger partial charge in [0.1, 0.15) is 5.78 Å². The first-order valence-corrected chi connectivity index (χ1v) is 5.85. The largest absolute Gasteiger partial charge is 0.343 e. The molecule has 2 unspecified atom stereocenters. The van der Waals surface area contributed by atoms with Crippen molar-refractivity contribution in [2.75, 3.05) is 12.0 Å². The van der Waals surface area contributed by atoms with Crippen LogP contribution in [0.25, 0.3) is 0 Å². The normalized spacial score (nSPS) is 18.4. The van der Waals surface area contributed by atoms with Gasteiger partial charge in [0, 0.05) is 17.1 Å². The van der Waals surface area contributed by atoms with Gasteiger partial charge in [0.25, 0.3) is 0 Å². The van der Waals surface area contributed by atoms with Crippen molar-refractivity contribution in [3.63, 3.8) is 0 Å². The van der Waals surface area contributed by atoms with Crippen molar-refractivity contribution in [1.29, 1.82) is 0 Å². The smallest absolute Gasteiger partial charge is 0.323 e. The molecule has 0 heterocycles. The Hall–Kier alpha value is 0.260. The topological polar surface area (TPSA) is 101 Å². The summed E-state index contributed by atoms with van der Waals surface area (Å²) in [6.07, 6.45) is 1.34. The molecule has 2 atom stereocenters. The lowest BCUT2D eigenvalue weighted by Crippen LogP contribution is -2.26. The van der Waals surface area contributed by atoms with Gasteiger partial charge in [0.15, 0.2) is 0 Å². The summed E-state index contributed by atoms with van der Waals surface area (Å²) in [5.74, 6) is -1.46. The van der Waals surface area contributed by atoms with Crippen LogP contribution in [0, 0.1) is 0 Å². The Bertz CT molecular complexity index is 177. The van der Waals surface area contributed by atoms with Crippen LogP contribution in [0.4, 0.5) is 0 Å². The minimum atomic E-state index is -4.23. The summed E-state index contributed by atoms with van der Waals surface area (Å²) < 4.78 is 20.7. The lowest BCUT2D eigenvalue weighted by Gasteiger charge is -2.10. The number of hydrogen-bond acceptors (Lipinski definition) is 3. The Morgan fingerprint density at radius 2 is 2.10 bits per heavy atom. The van der Waals surface area contributed by atoms with Crippen LogP contribution in [0.3, 0.4) is 0 Å². The van der Waals surface area contributed by atoms with E-state index >= 15 is 0 Å². The molecule has 5 nitrogen and oxygen atoms in total. The van der Waals surface area contributed by atoms with E-state index in [1.807, 2.05) is 0 Å². The van der Waals surface area contributed by atoms with Gasteiger partial charge in [-0.3, -0.25) is 8.77 Å². The van der Waals surface area contributed by atoms with Crippen LogP contribution in [-0.4, -0.2) is 31.8 Å². The van der Waals surface area contributed by atoms with Crippen LogP contribution < -0.4 is 5.73 Å². The fourth-order valence-corrected chi connectivity index (χ4v) is 2.23. The van der Waals surface area contributed by atoms with Gasteiger partial charge in [0.2, 0.25) is 0 Å². The third-order valence-electron chi connectivity index (χ3n) is 0.837. The molecule has 0 rings (SSSR count). The molecule has 0 radical (unpaired) electrons. The van der Waals surface area contributed by atoms with Gasteiger partial charge in [-0.2, -0.15) is 0 Å². The summed E-state index contributed by atoms with van der Waals surface area (Å²) in [5, 5.41) is 0. The zero-order valence-corrected chi connectivity index (χ0v) is 7.14. The molecule has 0 aliphatic heterocycles. The maximum absolute atomic E-state index is 10.4. The van der Waals surface area contributed by atoms with Gasteiger partial charge < -0.3 is 15.5 Å². The van der Waals surface area contributed by atoms with Gasteiger partial charge in [-0.15, -0.1) is 0 Å². The van der Waals surface area contributed by atoms with Crippen molar-refractivity contribution in [2.45, 2.75) is 5.78 Å². The predicted octanol–water partition coefficient (Wildman–Crippen LogP) is -1.17. The number of rotatable bonds is 3. The maximum Gasteiger partial charge on any atom is 0.343 e. The van der Waals surface area contributed by atoms with E-state index in [1.54, 1.807) is 0 Å². The Morgan fingerprint density at radius 3 is 2.20 bits per heavy atom. The highest BCUT2D eigenvalue weighted by atomic mass is 32.2. The molecule has 0 aliphatic rings. The zero-order valence-electron chi connectivity index (χ0n) is 5.43. The maximum atomic E-state index is 10.4. The van der Waals surface area contributed by atoms with Crippen molar-refractivity contribution < 1.29 is 18.6 Å². The van der Waals surface area contributed by atoms with Gasteiger partial charge in [-0.25, -0.2) is 0 Å². The molecule has 0 saturated heterocycles. The van der Waals surface area contributed by atoms with Crippen LogP contribution in [0.5, 0.6) is 0 Å². The summed E-state index contributed by atoms with van der Waals surface area (Å²) in [4.78, 5) is 16.8. The third kappa shape index (κ3) is 4.14. The van der Waals surface area contributed by atoms with E-state index in [1.165, 1.54) is 6.26 Å². The van der Waals surface area contributed by atoms with Crippen molar-refractivity contribution in [3.8, 4) is 0 Å². The molecule has 0 fully saturated rings. The van der Waals surface area contributed by atoms with Crippen molar-refractivity contribution in [1.82, 2.24) is 0 Å². The van der Waals surface area contributed by atoms with Crippen LogP contribution in [0.15, 0.2) is 0 Å². The minimum Gasteiger partial charge on any atom is -0.323 e. The summed E-state index contributed by atoms with van der Waals surface area (Å²) in [7, 11) is -5.49. The average molecular weight is 187 g/mol. The standard InChI is InChI=1S/C3H10NO4PS/c1-10(8)2-3(4)9(5,6)7/h3H,2,4H2,1H3,(H2,5,6,7). The monoisotopic (exact) mass is 187 g/mol. The van der Waals surface area contributed by atoms with Crippen molar-refractivity contribution >= 4 is 18.4 Å². The first-order chi connectivity index (χ1) is 4.34. The quantitative estimate of drug-likeness (QED) is 0.483. The van der Waals surface area contributed by atoms with E-state index < -0.39 is 24.2 Å². The number of hydrogen-bond donors (Lipinski definition) is 3. The Kier molecular flexibility index (Phi) is 3.69. The molecule has 10 heavy (non-hydrogen) atoms. The molecule has 4 N–H and O–H groups in total. The summed E-state index contributed by atoms with van der Waals surface area (Å²) in [6, 6.07) is 0. The Labute approximate surface area is 61.2 Å². The third-order valence-corrected chi connectivity index (χ3v) is 2.96. The average Bonchev–Trinajstić information content (AvgIpc) is 1.60. The van der Waals surface area contributed by atoms with E-state index in [4.69, 9.17) is 15.5 Å². The van der Waals surface area contributed by atoms with Crippen LogP contribution in [0.1, 0.15) is 0 Å². The Balaban J connectivity index is 3.98. The van der Waals surface area contributed by atoms with Crippen LogP contribution in [-0.2, 0) is 15.4 Å². The second-order valence-electron chi connectivity index (χ2n) is 1.90. The fraction of sp³-hybridized carbons (Fsp3) is 1.00. The lowest BCUT2D eigenvalue weighted by molar-refractivity contribution is 0.362. The van der Waals surface area contributed by atoms with Gasteiger partial charge in [-0.1, -0.05) is 0 Å². The molecule has 0 aliphatic carbocycles. The molecular formula is C3H10NO4PS. The molecule has 0 aromatic rings. The van der Waals surface area contributed by atoms with E-state index in [0.29, 0.717) is 0 Å². The zero-order chi connectivity index (χ0) is 8.36. The van der Waals surface area contributed by atoms with Crippen LogP contribution >= 0.6 is 7.60 Å². The summed E-state index contributed by atoms with van der Waals surface area (Å²) in [6.45, 7) is 0. The molecule has 7 heteroatoms. The molecule has 0 aromatic heterocycles. The van der Waals surface area contributed by atoms with Gasteiger partial charge >= 0.3 is 7.60 Å². The van der Waals surface area contributed by atoms with E-state index in [9.17, 15) is 8.77 Å². The Morgan fingerprint density at radius 1 is 1.70 bits per heavy atom. The molecule has 0 amide bonds. The minimum absolute atomic E-state index is 0.162. The molecule has 0 spiro atoms. The fourth-order valence-electron chi connectivity index (χ4n) is 0.338. The number of nitrogens with two attached hydrogens (primary N) is 1. The van der Waals surface area contributed by atoms with Crippen molar-refractivity contribution in [2.24, 2.45) is 5.73 Å². The SMILES string of the molecule is CS(=O)CC(N)P(=O)(O)O. The second-order valence-corrected chi connectivity index (χ2v) is 5.22. The van der Waals surface area contributed by atoms with Gasteiger partial charge in [-0.05, 0) is 0 Å². The first-order valence-electron chi connectivity index (χ1n) is 2.45. The highest BCUT2D eigenvalue weighted by Gasteiger charge is 2.25. The second kappa shape index (κ2) is 3.59. The molecule has 0 saturated carbocycles. The van der Waals surface area contributed by atoms with Gasteiger partial charge in [0.05, 0.1) is 5.75 Å². The first kappa shape index (κ1) is 10.3. The lowest BCUT2D eigenvalue weighted by atomic mass is 10.8. The highest BCUT2D eigenvalue weighted by molar-refractivity contribution is 7.84. The van der Waals surface area contributed by atoms with Crippen LogP contribution in [0.2, 0.25) is 0 Å². The molecular weight excluding hydrogens is 177 g/mol. The molecule has 0 bridgehead atoms. The molecule has 0 aromatic carbocycles. The van der Waals surface area contributed by atoms with E-state index in [-0.39, 0.29) is 5.75 Å². The van der Waals surface area contributed by atoms with E-state index in [2.05, 4.69) is 0 Å². The van der Waals surface area contributed by atoms with E-state index in [0.717, 1.165) is 0 Å². The summed E-state index contributed by atoms with van der Waals surface area (Å²) >= 11 is 0. The highest BCUT2D eigenvalue weighted by Crippen LogP contribution is 2.38. The summed E-state index contributed by atoms with van der Waals surface area (Å²) in [5.41, 5.74) is 5.00. The molecule has 62 valence electrons. The predicted molar refractivity (Wildman–Crippen MR) is 39.0 cm³/mol.